The molecule has 0 spiro atoms. The molecule has 1 N–H and O–H groups in total. The minimum absolute atomic E-state index is 0.359. The number of nitrogens with zero attached hydrogens (tertiary/aromatic N) is 3. The third-order valence-corrected chi connectivity index (χ3v) is 2.56. The van der Waals surface area contributed by atoms with Crippen molar-refractivity contribution < 1.29 is 9.94 Å². The predicted molar refractivity (Wildman–Crippen MR) is 50.6 cm³/mol. The number of hydrogen-bond donors (Lipinski definition) is 1. The Morgan fingerprint density at radius 3 is 3.07 bits per heavy atom. The molecule has 0 unspecified atom stereocenters. The zero-order valence-corrected chi connectivity index (χ0v) is 8.61. The fraction of sp³-hybridized carbons (Fsp3) is 0.625. The number of imidazole rings is 1. The van der Waals surface area contributed by atoms with Gasteiger partial charge in [-0.25, -0.2) is 4.98 Å². The standard InChI is InChI=1S/C8H12ClN3O2/c1-11-7(9)2-10-8(11)4-12-3-6(13)5-14-12/h2,6,13H,3-5H2,1H3/t6-/m0/s1. The largest absolute Gasteiger partial charge is 0.389 e. The zero-order valence-electron chi connectivity index (χ0n) is 7.85. The maximum atomic E-state index is 9.23. The van der Waals surface area contributed by atoms with E-state index in [0.29, 0.717) is 24.8 Å². The lowest BCUT2D eigenvalue weighted by Gasteiger charge is -2.12. The number of aromatic nitrogens is 2. The molecule has 0 amide bonds. The van der Waals surface area contributed by atoms with E-state index in [0.717, 1.165) is 5.82 Å². The smallest absolute Gasteiger partial charge is 0.128 e. The summed E-state index contributed by atoms with van der Waals surface area (Å²) in [6, 6.07) is 0. The summed E-state index contributed by atoms with van der Waals surface area (Å²) in [6.07, 6.45) is 1.20. The van der Waals surface area contributed by atoms with Crippen LogP contribution in [0.25, 0.3) is 0 Å². The van der Waals surface area contributed by atoms with E-state index < -0.39 is 6.10 Å². The third-order valence-electron chi connectivity index (χ3n) is 2.21. The Kier molecular flexibility index (Phi) is 2.73. The number of aliphatic hydroxyl groups is 1. The second kappa shape index (κ2) is 3.86. The molecule has 1 aromatic heterocycles. The highest BCUT2D eigenvalue weighted by atomic mass is 35.5. The van der Waals surface area contributed by atoms with E-state index in [2.05, 4.69) is 4.98 Å². The lowest BCUT2D eigenvalue weighted by atomic mass is 10.4. The molecule has 6 heteroatoms. The summed E-state index contributed by atoms with van der Waals surface area (Å²) in [5.41, 5.74) is 0. The number of aliphatic hydroxyl groups excluding tert-OH is 1. The lowest BCUT2D eigenvalue weighted by molar-refractivity contribution is -0.119. The first-order valence-electron chi connectivity index (χ1n) is 4.39. The van der Waals surface area contributed by atoms with Crippen molar-refractivity contribution in [3.05, 3.63) is 17.2 Å². The normalized spacial score (nSPS) is 23.2. The van der Waals surface area contributed by atoms with Gasteiger partial charge in [-0.05, 0) is 0 Å². The van der Waals surface area contributed by atoms with Gasteiger partial charge in [0.1, 0.15) is 11.0 Å². The van der Waals surface area contributed by atoms with Gasteiger partial charge in [-0.3, -0.25) is 4.84 Å². The summed E-state index contributed by atoms with van der Waals surface area (Å²) in [6.45, 7) is 1.42. The van der Waals surface area contributed by atoms with Crippen LogP contribution in [-0.4, -0.2) is 39.0 Å². The van der Waals surface area contributed by atoms with E-state index in [1.54, 1.807) is 15.8 Å². The zero-order chi connectivity index (χ0) is 10.1. The molecule has 1 atom stereocenters. The number of β-amino-alcohol motifs (C(OH)–C–C–N with tert-alkyl or cyclic N) is 1. The van der Waals surface area contributed by atoms with Crippen molar-refractivity contribution in [2.75, 3.05) is 13.2 Å². The van der Waals surface area contributed by atoms with Crippen LogP contribution in [0.2, 0.25) is 5.15 Å². The number of hydrogen-bond acceptors (Lipinski definition) is 4. The molecule has 0 saturated carbocycles. The van der Waals surface area contributed by atoms with E-state index in [1.165, 1.54) is 0 Å². The van der Waals surface area contributed by atoms with Gasteiger partial charge in [0.2, 0.25) is 0 Å². The predicted octanol–water partition coefficient (Wildman–Crippen LogP) is 0.182. The van der Waals surface area contributed by atoms with Crippen LogP contribution < -0.4 is 0 Å². The minimum Gasteiger partial charge on any atom is -0.389 e. The number of halogens is 1. The van der Waals surface area contributed by atoms with Crippen LogP contribution in [0.3, 0.4) is 0 Å². The van der Waals surface area contributed by atoms with Crippen molar-refractivity contribution in [2.24, 2.45) is 7.05 Å². The molecule has 1 aliphatic heterocycles. The number of hydroxylamine groups is 2. The first-order valence-corrected chi connectivity index (χ1v) is 4.76. The van der Waals surface area contributed by atoms with Crippen molar-refractivity contribution >= 4 is 11.6 Å². The third kappa shape index (κ3) is 1.90. The molecule has 1 fully saturated rings. The van der Waals surface area contributed by atoms with Crippen LogP contribution in [0.1, 0.15) is 5.82 Å². The van der Waals surface area contributed by atoms with E-state index in [9.17, 15) is 5.11 Å². The second-order valence-corrected chi connectivity index (χ2v) is 3.72. The molecule has 1 aromatic rings. The van der Waals surface area contributed by atoms with E-state index in [-0.39, 0.29) is 0 Å². The molecular weight excluding hydrogens is 206 g/mol. The summed E-state index contributed by atoms with van der Waals surface area (Å²) < 4.78 is 1.79. The fourth-order valence-electron chi connectivity index (χ4n) is 1.37. The molecule has 0 radical (unpaired) electrons. The van der Waals surface area contributed by atoms with E-state index in [1.807, 2.05) is 7.05 Å². The highest BCUT2D eigenvalue weighted by Crippen LogP contribution is 2.13. The van der Waals surface area contributed by atoms with Gasteiger partial charge in [-0.2, -0.15) is 5.06 Å². The Balaban J connectivity index is 2.01. The molecule has 14 heavy (non-hydrogen) atoms. The molecule has 1 aliphatic rings. The monoisotopic (exact) mass is 217 g/mol. The van der Waals surface area contributed by atoms with Gasteiger partial charge in [0.25, 0.3) is 0 Å². The highest BCUT2D eigenvalue weighted by Gasteiger charge is 2.22. The quantitative estimate of drug-likeness (QED) is 0.768. The van der Waals surface area contributed by atoms with Crippen molar-refractivity contribution in [1.29, 1.82) is 0 Å². The van der Waals surface area contributed by atoms with Gasteiger partial charge in [-0.15, -0.1) is 0 Å². The first-order chi connectivity index (χ1) is 6.66. The maximum Gasteiger partial charge on any atom is 0.128 e. The fourth-order valence-corrected chi connectivity index (χ4v) is 1.52. The van der Waals surface area contributed by atoms with Crippen LogP contribution in [0.15, 0.2) is 6.20 Å². The second-order valence-electron chi connectivity index (χ2n) is 3.33. The summed E-state index contributed by atoms with van der Waals surface area (Å²) in [5, 5.41) is 11.5. The molecule has 0 aliphatic carbocycles. The maximum absolute atomic E-state index is 9.23. The molecule has 0 bridgehead atoms. The Hall–Kier alpha value is -0.620. The summed E-state index contributed by atoms with van der Waals surface area (Å²) >= 11 is 5.84. The lowest BCUT2D eigenvalue weighted by Crippen LogP contribution is -2.22. The summed E-state index contributed by atoms with van der Waals surface area (Å²) in [4.78, 5) is 9.35. The molecule has 5 nitrogen and oxygen atoms in total. The first kappa shape index (κ1) is 9.92. The highest BCUT2D eigenvalue weighted by molar-refractivity contribution is 6.29. The van der Waals surface area contributed by atoms with Crippen LogP contribution in [0, 0.1) is 0 Å². The Morgan fingerprint density at radius 2 is 2.57 bits per heavy atom. The Morgan fingerprint density at radius 1 is 1.79 bits per heavy atom. The molecule has 0 aromatic carbocycles. The topological polar surface area (TPSA) is 50.5 Å². The SMILES string of the molecule is Cn1c(Cl)cnc1CN1C[C@H](O)CO1. The van der Waals surface area contributed by atoms with Gasteiger partial charge in [-0.1, -0.05) is 11.6 Å². The van der Waals surface area contributed by atoms with Gasteiger partial charge >= 0.3 is 0 Å². The molecule has 2 rings (SSSR count). The Labute approximate surface area is 86.8 Å². The minimum atomic E-state index is -0.397. The van der Waals surface area contributed by atoms with E-state index in [4.69, 9.17) is 16.4 Å². The summed E-state index contributed by atoms with van der Waals surface area (Å²) in [7, 11) is 1.84. The van der Waals surface area contributed by atoms with Crippen molar-refractivity contribution in [2.45, 2.75) is 12.6 Å². The van der Waals surface area contributed by atoms with Gasteiger partial charge in [0.15, 0.2) is 0 Å². The van der Waals surface area contributed by atoms with Crippen molar-refractivity contribution in [3.63, 3.8) is 0 Å². The molecular formula is C8H12ClN3O2. The number of rotatable bonds is 2. The van der Waals surface area contributed by atoms with Crippen LogP contribution in [-0.2, 0) is 18.4 Å². The van der Waals surface area contributed by atoms with Gasteiger partial charge in [0.05, 0.1) is 32.0 Å². The molecule has 1 saturated heterocycles. The van der Waals surface area contributed by atoms with Gasteiger partial charge in [0, 0.05) is 7.05 Å². The van der Waals surface area contributed by atoms with E-state index >= 15 is 0 Å². The molecule has 2 heterocycles. The van der Waals surface area contributed by atoms with Crippen LogP contribution >= 0.6 is 11.6 Å². The van der Waals surface area contributed by atoms with Crippen LogP contribution in [0.4, 0.5) is 0 Å². The van der Waals surface area contributed by atoms with Crippen LogP contribution in [0.5, 0.6) is 0 Å². The average Bonchev–Trinajstić information content (AvgIpc) is 2.67. The van der Waals surface area contributed by atoms with Gasteiger partial charge < -0.3 is 9.67 Å². The molecule has 78 valence electrons. The summed E-state index contributed by atoms with van der Waals surface area (Å²) in [5.74, 6) is 0.823. The average molecular weight is 218 g/mol. The Bertz CT molecular complexity index is 328. The van der Waals surface area contributed by atoms with Crippen molar-refractivity contribution in [3.8, 4) is 0 Å². The van der Waals surface area contributed by atoms with Crippen molar-refractivity contribution in [1.82, 2.24) is 14.6 Å².